The highest BCUT2D eigenvalue weighted by Gasteiger charge is 2.15. The van der Waals surface area contributed by atoms with Crippen molar-refractivity contribution in [1.29, 1.82) is 0 Å². The van der Waals surface area contributed by atoms with E-state index in [0.29, 0.717) is 13.1 Å². The third-order valence-electron chi connectivity index (χ3n) is 4.22. The van der Waals surface area contributed by atoms with Crippen LogP contribution in [0.25, 0.3) is 0 Å². The number of carbonyl (C=O) groups is 2. The summed E-state index contributed by atoms with van der Waals surface area (Å²) in [5, 5.41) is 2.92. The smallest absolute Gasteiger partial charge is 0.223 e. The minimum Gasteiger partial charge on any atom is -0.352 e. The van der Waals surface area contributed by atoms with Gasteiger partial charge in [0.05, 0.1) is 0 Å². The van der Waals surface area contributed by atoms with Crippen LogP contribution in [0.3, 0.4) is 0 Å². The molecule has 1 N–H and O–H groups in total. The van der Waals surface area contributed by atoms with Crippen LogP contribution < -0.4 is 10.2 Å². The second-order valence-electron chi connectivity index (χ2n) is 6.17. The second-order valence-corrected chi connectivity index (χ2v) is 6.17. The van der Waals surface area contributed by atoms with Crippen LogP contribution in [0.15, 0.2) is 48.5 Å². The van der Waals surface area contributed by atoms with E-state index in [9.17, 15) is 9.59 Å². The van der Waals surface area contributed by atoms with Crippen LogP contribution in [0.5, 0.6) is 0 Å². The molecule has 0 aromatic heterocycles. The van der Waals surface area contributed by atoms with E-state index in [1.54, 1.807) is 4.90 Å². The zero-order chi connectivity index (χ0) is 18.2. The first kappa shape index (κ1) is 18.7. The molecule has 0 fully saturated rings. The molecule has 0 atom stereocenters. The third kappa shape index (κ3) is 5.45. The maximum atomic E-state index is 12.1. The number of rotatable bonds is 7. The Labute approximate surface area is 149 Å². The average Bonchev–Trinajstić information content (AvgIpc) is 2.61. The van der Waals surface area contributed by atoms with Crippen LogP contribution in [0.4, 0.5) is 5.69 Å². The maximum absolute atomic E-state index is 12.1. The first-order valence-corrected chi connectivity index (χ1v) is 8.69. The lowest BCUT2D eigenvalue weighted by Crippen LogP contribution is -2.34. The van der Waals surface area contributed by atoms with Crippen molar-refractivity contribution in [3.05, 3.63) is 65.2 Å². The summed E-state index contributed by atoms with van der Waals surface area (Å²) in [5.41, 5.74) is 4.27. The zero-order valence-corrected chi connectivity index (χ0v) is 15.2. The first-order valence-electron chi connectivity index (χ1n) is 8.69. The molecule has 0 heterocycles. The first-order chi connectivity index (χ1) is 12.0. The van der Waals surface area contributed by atoms with Crippen LogP contribution in [-0.4, -0.2) is 18.4 Å². The Hall–Kier alpha value is -2.62. The van der Waals surface area contributed by atoms with E-state index in [4.69, 9.17) is 0 Å². The van der Waals surface area contributed by atoms with Crippen molar-refractivity contribution in [2.75, 3.05) is 11.4 Å². The van der Waals surface area contributed by atoms with Gasteiger partial charge in [0.15, 0.2) is 0 Å². The molecule has 0 bridgehead atoms. The minimum atomic E-state index is -0.0548. The number of carbonyl (C=O) groups excluding carboxylic acids is 2. The Kier molecular flexibility index (Phi) is 6.75. The lowest BCUT2D eigenvalue weighted by atomic mass is 10.1. The van der Waals surface area contributed by atoms with Crippen LogP contribution >= 0.6 is 0 Å². The molecular formula is C21H26N2O2. The number of nitrogens with zero attached hydrogens (tertiary/aromatic N) is 1. The van der Waals surface area contributed by atoms with E-state index >= 15 is 0 Å². The number of benzene rings is 2. The van der Waals surface area contributed by atoms with Crippen molar-refractivity contribution in [3.63, 3.8) is 0 Å². The number of amides is 2. The predicted octanol–water partition coefficient (Wildman–Crippen LogP) is 3.62. The molecule has 0 radical (unpaired) electrons. The Morgan fingerprint density at radius 1 is 1.04 bits per heavy atom. The van der Waals surface area contributed by atoms with E-state index in [1.807, 2.05) is 55.5 Å². The van der Waals surface area contributed by atoms with E-state index in [0.717, 1.165) is 23.2 Å². The van der Waals surface area contributed by atoms with E-state index in [2.05, 4.69) is 12.2 Å². The molecule has 2 aromatic carbocycles. The number of hydrogen-bond acceptors (Lipinski definition) is 2. The quantitative estimate of drug-likeness (QED) is 0.838. The summed E-state index contributed by atoms with van der Waals surface area (Å²) < 4.78 is 0. The standard InChI is InChI=1S/C21H26N2O2/c1-4-19-7-5-6-8-20(19)23(17(3)24)14-13-21(25)22-15-18-11-9-16(2)10-12-18/h5-12H,4,13-15H2,1-3H3,(H,22,25). The van der Waals surface area contributed by atoms with Crippen molar-refractivity contribution in [1.82, 2.24) is 5.32 Å². The van der Waals surface area contributed by atoms with Crippen LogP contribution in [0.1, 0.15) is 37.0 Å². The highest BCUT2D eigenvalue weighted by molar-refractivity contribution is 5.93. The summed E-state index contributed by atoms with van der Waals surface area (Å²) in [7, 11) is 0. The molecule has 0 saturated carbocycles. The van der Waals surface area contributed by atoms with Crippen LogP contribution in [0.2, 0.25) is 0 Å². The van der Waals surface area contributed by atoms with Crippen molar-refractivity contribution in [2.45, 2.75) is 40.2 Å². The molecule has 0 aliphatic carbocycles. The molecule has 132 valence electrons. The molecule has 0 saturated heterocycles. The van der Waals surface area contributed by atoms with Gasteiger partial charge >= 0.3 is 0 Å². The monoisotopic (exact) mass is 338 g/mol. The highest BCUT2D eigenvalue weighted by atomic mass is 16.2. The SMILES string of the molecule is CCc1ccccc1N(CCC(=O)NCc1ccc(C)cc1)C(C)=O. The lowest BCUT2D eigenvalue weighted by molar-refractivity contribution is -0.121. The van der Waals surface area contributed by atoms with Gasteiger partial charge in [-0.1, -0.05) is 55.0 Å². The summed E-state index contributed by atoms with van der Waals surface area (Å²) >= 11 is 0. The van der Waals surface area contributed by atoms with Gasteiger partial charge in [-0.3, -0.25) is 9.59 Å². The molecular weight excluding hydrogens is 312 g/mol. The maximum Gasteiger partial charge on any atom is 0.223 e. The minimum absolute atomic E-state index is 0.0489. The number of para-hydroxylation sites is 1. The number of aryl methyl sites for hydroxylation is 2. The Balaban J connectivity index is 1.93. The Morgan fingerprint density at radius 2 is 1.72 bits per heavy atom. The van der Waals surface area contributed by atoms with Crippen molar-refractivity contribution in [3.8, 4) is 0 Å². The number of hydrogen-bond donors (Lipinski definition) is 1. The lowest BCUT2D eigenvalue weighted by Gasteiger charge is -2.23. The molecule has 2 rings (SSSR count). The van der Waals surface area contributed by atoms with Gasteiger partial charge in [-0.05, 0) is 30.5 Å². The predicted molar refractivity (Wildman–Crippen MR) is 101 cm³/mol. The highest BCUT2D eigenvalue weighted by Crippen LogP contribution is 2.21. The molecule has 4 heteroatoms. The Bertz CT molecular complexity index is 723. The molecule has 0 unspecified atom stereocenters. The molecule has 2 amide bonds. The number of nitrogens with one attached hydrogen (secondary N) is 1. The summed E-state index contributed by atoms with van der Waals surface area (Å²) in [6, 6.07) is 15.9. The fraction of sp³-hybridized carbons (Fsp3) is 0.333. The molecule has 0 aliphatic heterocycles. The van der Waals surface area contributed by atoms with Crippen LogP contribution in [-0.2, 0) is 22.6 Å². The van der Waals surface area contributed by atoms with Gasteiger partial charge < -0.3 is 10.2 Å². The second kappa shape index (κ2) is 9.02. The third-order valence-corrected chi connectivity index (χ3v) is 4.22. The van der Waals surface area contributed by atoms with Gasteiger partial charge in [0, 0.05) is 32.1 Å². The summed E-state index contributed by atoms with van der Waals surface area (Å²) in [4.78, 5) is 25.9. The summed E-state index contributed by atoms with van der Waals surface area (Å²) in [5.74, 6) is -0.104. The van der Waals surface area contributed by atoms with Gasteiger partial charge in [-0.2, -0.15) is 0 Å². The summed E-state index contributed by atoms with van der Waals surface area (Å²) in [6.45, 7) is 6.52. The van der Waals surface area contributed by atoms with Crippen LogP contribution in [0, 0.1) is 6.92 Å². The molecule has 25 heavy (non-hydrogen) atoms. The van der Waals surface area contributed by atoms with Gasteiger partial charge in [-0.15, -0.1) is 0 Å². The van der Waals surface area contributed by atoms with Gasteiger partial charge in [0.1, 0.15) is 0 Å². The van der Waals surface area contributed by atoms with E-state index in [1.165, 1.54) is 12.5 Å². The van der Waals surface area contributed by atoms with Gasteiger partial charge in [-0.25, -0.2) is 0 Å². The molecule has 0 aliphatic rings. The van der Waals surface area contributed by atoms with E-state index in [-0.39, 0.29) is 18.2 Å². The molecule has 2 aromatic rings. The Morgan fingerprint density at radius 3 is 2.36 bits per heavy atom. The normalized spacial score (nSPS) is 10.4. The zero-order valence-electron chi connectivity index (χ0n) is 15.2. The van der Waals surface area contributed by atoms with Gasteiger partial charge in [0.2, 0.25) is 11.8 Å². The van der Waals surface area contributed by atoms with Gasteiger partial charge in [0.25, 0.3) is 0 Å². The van der Waals surface area contributed by atoms with E-state index < -0.39 is 0 Å². The number of anilines is 1. The fourth-order valence-corrected chi connectivity index (χ4v) is 2.73. The topological polar surface area (TPSA) is 49.4 Å². The van der Waals surface area contributed by atoms with Crippen molar-refractivity contribution >= 4 is 17.5 Å². The largest absolute Gasteiger partial charge is 0.352 e. The summed E-state index contributed by atoms with van der Waals surface area (Å²) in [6.07, 6.45) is 1.13. The van der Waals surface area contributed by atoms with Crippen molar-refractivity contribution in [2.24, 2.45) is 0 Å². The van der Waals surface area contributed by atoms with Crippen molar-refractivity contribution < 1.29 is 9.59 Å². The fourth-order valence-electron chi connectivity index (χ4n) is 2.73. The molecule has 4 nitrogen and oxygen atoms in total. The molecule has 0 spiro atoms. The average molecular weight is 338 g/mol.